The quantitative estimate of drug-likeness (QED) is 0.0882. The van der Waals surface area contributed by atoms with Crippen molar-refractivity contribution in [2.45, 2.75) is 69.3 Å². The van der Waals surface area contributed by atoms with Crippen LogP contribution in [0.15, 0.2) is 24.3 Å². The second kappa shape index (κ2) is 30.5. The summed E-state index contributed by atoms with van der Waals surface area (Å²) < 4.78 is 0. The molecule has 18 nitrogen and oxygen atoms in total. The van der Waals surface area contributed by atoms with Crippen LogP contribution in [-0.2, 0) is 30.4 Å². The van der Waals surface area contributed by atoms with Crippen LogP contribution in [-0.4, -0.2) is 121 Å². The first-order chi connectivity index (χ1) is 20.8. The summed E-state index contributed by atoms with van der Waals surface area (Å²) in [6, 6.07) is 2.87. The van der Waals surface area contributed by atoms with E-state index in [1.54, 1.807) is 23.9 Å². The predicted molar refractivity (Wildman–Crippen MR) is 169 cm³/mol. The lowest BCUT2D eigenvalue weighted by Crippen LogP contribution is -2.39. The summed E-state index contributed by atoms with van der Waals surface area (Å²) in [5, 5.41) is 58.2. The molecule has 0 saturated carbocycles. The number of carboxylic acid groups (broad SMARTS) is 5. The number of nitrogens with two attached hydrogens (primary N) is 6. The van der Waals surface area contributed by atoms with Crippen LogP contribution in [0, 0.1) is 0 Å². The molecular weight excluding hydrogens is 620 g/mol. The van der Waals surface area contributed by atoms with Crippen molar-refractivity contribution >= 4 is 41.6 Å². The summed E-state index contributed by atoms with van der Waals surface area (Å²) in [4.78, 5) is 49.7. The van der Waals surface area contributed by atoms with Crippen molar-refractivity contribution in [2.75, 3.05) is 25.1 Å². The highest BCUT2D eigenvalue weighted by atomic mass is 32.2. The average molecular weight is 671 g/mol. The largest absolute Gasteiger partial charge is 0.508 e. The molecule has 5 unspecified atom stereocenters. The molecule has 5 atom stereocenters. The standard InChI is InChI=1S/C9H11NO3.C6H14N2O2.C5H11NO2S.C4H9NO3.C2H5NO2/c10-8(9(12)13)5-6-1-3-7(11)4-2-6;7-4-2-1-3-5(8)6(9)10;1-9-3-2-4(6)5(7)8;1-2(6)3(5)4(7)8;3-1-2(4)5/h1-4,8,11H,5,10H2,(H,12,13);5H,1-4,7-8H2,(H,9,10);4H,2-3,6H2,1H3,(H,7,8);2-3,6H,5H2,1H3,(H,7,8);1,3H2,(H,4,5). The lowest BCUT2D eigenvalue weighted by atomic mass is 10.1. The average Bonchev–Trinajstić information content (AvgIpc) is 2.97. The van der Waals surface area contributed by atoms with Gasteiger partial charge >= 0.3 is 29.8 Å². The van der Waals surface area contributed by atoms with Crippen LogP contribution in [0.4, 0.5) is 0 Å². The number of aliphatic hydroxyl groups excluding tert-OH is 1. The van der Waals surface area contributed by atoms with Gasteiger partial charge in [0.1, 0.15) is 29.9 Å². The van der Waals surface area contributed by atoms with E-state index >= 15 is 0 Å². The van der Waals surface area contributed by atoms with E-state index in [0.29, 0.717) is 19.4 Å². The molecule has 45 heavy (non-hydrogen) atoms. The third-order valence-electron chi connectivity index (χ3n) is 4.93. The number of hydrogen-bond acceptors (Lipinski definition) is 14. The van der Waals surface area contributed by atoms with E-state index < -0.39 is 60.1 Å². The number of rotatable bonds is 15. The number of phenols is 1. The molecule has 262 valence electrons. The number of phenolic OH excluding ortho intramolecular Hbond substituents is 1. The number of aliphatic hydroxyl groups is 1. The van der Waals surface area contributed by atoms with E-state index in [0.717, 1.165) is 24.2 Å². The molecule has 0 saturated heterocycles. The fourth-order valence-electron chi connectivity index (χ4n) is 2.18. The first-order valence-corrected chi connectivity index (χ1v) is 14.7. The molecule has 19 N–H and O–H groups in total. The van der Waals surface area contributed by atoms with Crippen molar-refractivity contribution in [3.63, 3.8) is 0 Å². The maximum absolute atomic E-state index is 10.4. The summed E-state index contributed by atoms with van der Waals surface area (Å²) in [7, 11) is 0. The van der Waals surface area contributed by atoms with Gasteiger partial charge in [0.05, 0.1) is 12.6 Å². The lowest BCUT2D eigenvalue weighted by Gasteiger charge is -2.06. The Bertz CT molecular complexity index is 957. The third kappa shape index (κ3) is 34.8. The van der Waals surface area contributed by atoms with E-state index in [2.05, 4.69) is 5.73 Å². The molecule has 0 amide bonds. The first kappa shape index (κ1) is 48.3. The van der Waals surface area contributed by atoms with Crippen LogP contribution in [0.5, 0.6) is 5.75 Å². The molecular formula is C26H50N6O12S. The van der Waals surface area contributed by atoms with E-state index in [9.17, 15) is 24.0 Å². The molecule has 1 rings (SSSR count). The predicted octanol–water partition coefficient (Wildman–Crippen LogP) is -2.17. The highest BCUT2D eigenvalue weighted by Crippen LogP contribution is 2.10. The van der Waals surface area contributed by atoms with Crippen molar-refractivity contribution in [1.29, 1.82) is 0 Å². The topological polar surface area (TPSA) is 383 Å². The minimum absolute atomic E-state index is 0.160. The summed E-state index contributed by atoms with van der Waals surface area (Å²) in [6.45, 7) is 1.66. The van der Waals surface area contributed by atoms with Crippen LogP contribution >= 0.6 is 11.8 Å². The molecule has 0 bridgehead atoms. The van der Waals surface area contributed by atoms with Crippen LogP contribution in [0.3, 0.4) is 0 Å². The minimum Gasteiger partial charge on any atom is -0.508 e. The van der Waals surface area contributed by atoms with E-state index in [-0.39, 0.29) is 18.7 Å². The molecule has 0 radical (unpaired) electrons. The summed E-state index contributed by atoms with van der Waals surface area (Å²) in [5.41, 5.74) is 31.2. The molecule has 0 fully saturated rings. The summed E-state index contributed by atoms with van der Waals surface area (Å²) >= 11 is 1.60. The molecule has 1 aromatic carbocycles. The second-order valence-corrected chi connectivity index (χ2v) is 9.96. The van der Waals surface area contributed by atoms with Crippen molar-refractivity contribution in [1.82, 2.24) is 0 Å². The van der Waals surface area contributed by atoms with Crippen LogP contribution in [0.25, 0.3) is 0 Å². The number of carboxylic acids is 5. The zero-order valence-corrected chi connectivity index (χ0v) is 26.2. The molecule has 0 spiro atoms. The number of hydrogen-bond donors (Lipinski definition) is 13. The summed E-state index contributed by atoms with van der Waals surface area (Å²) in [5.74, 6) is -4.04. The molecule has 0 aliphatic carbocycles. The molecule has 19 heteroatoms. The van der Waals surface area contributed by atoms with Gasteiger partial charge in [-0.1, -0.05) is 18.6 Å². The van der Waals surface area contributed by atoms with Crippen LogP contribution < -0.4 is 34.4 Å². The number of unbranched alkanes of at least 4 members (excludes halogenated alkanes) is 1. The van der Waals surface area contributed by atoms with Gasteiger partial charge in [0.15, 0.2) is 0 Å². The Morgan fingerprint density at radius 3 is 1.44 bits per heavy atom. The van der Waals surface area contributed by atoms with E-state index in [1.807, 2.05) is 6.26 Å². The molecule has 0 aromatic heterocycles. The Morgan fingerprint density at radius 2 is 1.16 bits per heavy atom. The second-order valence-electron chi connectivity index (χ2n) is 8.97. The van der Waals surface area contributed by atoms with E-state index in [4.69, 9.17) is 64.4 Å². The molecule has 0 aliphatic rings. The SMILES string of the molecule is CC(O)C(N)C(=O)O.CSCCC(N)C(=O)O.NC(Cc1ccc(O)cc1)C(=O)O.NCC(=O)O.NCCCCC(N)C(=O)O. The fraction of sp³-hybridized carbons (Fsp3) is 0.577. The fourth-order valence-corrected chi connectivity index (χ4v) is 2.67. The highest BCUT2D eigenvalue weighted by Gasteiger charge is 2.16. The Hall–Kier alpha value is -3.56. The highest BCUT2D eigenvalue weighted by molar-refractivity contribution is 7.98. The van der Waals surface area contributed by atoms with Gasteiger partial charge in [-0.15, -0.1) is 0 Å². The van der Waals surface area contributed by atoms with Gasteiger partial charge in [0, 0.05) is 0 Å². The van der Waals surface area contributed by atoms with Gasteiger partial charge in [-0.25, -0.2) is 0 Å². The molecule has 0 aliphatic heterocycles. The number of aliphatic carboxylic acids is 5. The Kier molecular flexibility index (Phi) is 32.7. The number of benzene rings is 1. The third-order valence-corrected chi connectivity index (χ3v) is 5.57. The van der Waals surface area contributed by atoms with Gasteiger partial charge in [-0.3, -0.25) is 24.0 Å². The van der Waals surface area contributed by atoms with Crippen LogP contribution in [0.1, 0.15) is 38.2 Å². The van der Waals surface area contributed by atoms with E-state index in [1.165, 1.54) is 19.1 Å². The van der Waals surface area contributed by atoms with Crippen molar-refractivity contribution in [3.05, 3.63) is 29.8 Å². The Balaban J connectivity index is -0.000000241. The van der Waals surface area contributed by atoms with Crippen molar-refractivity contribution in [2.24, 2.45) is 34.4 Å². The van der Waals surface area contributed by atoms with Gasteiger partial charge in [-0.2, -0.15) is 11.8 Å². The minimum atomic E-state index is -1.18. The first-order valence-electron chi connectivity index (χ1n) is 13.3. The maximum atomic E-state index is 10.4. The normalized spacial score (nSPS) is 13.0. The number of aromatic hydroxyl groups is 1. The monoisotopic (exact) mass is 670 g/mol. The zero-order chi connectivity index (χ0) is 36.1. The van der Waals surface area contributed by atoms with Gasteiger partial charge in [-0.05, 0) is 68.9 Å². The van der Waals surface area contributed by atoms with Crippen LogP contribution in [0.2, 0.25) is 0 Å². The van der Waals surface area contributed by atoms with Crippen molar-refractivity contribution in [3.8, 4) is 5.75 Å². The number of carbonyl (C=O) groups is 5. The Morgan fingerprint density at radius 1 is 0.733 bits per heavy atom. The summed E-state index contributed by atoms with van der Waals surface area (Å²) in [6.07, 6.45) is 3.94. The van der Waals surface area contributed by atoms with Gasteiger partial charge in [0.2, 0.25) is 0 Å². The Labute approximate surface area is 265 Å². The zero-order valence-electron chi connectivity index (χ0n) is 25.4. The molecule has 0 heterocycles. The smallest absolute Gasteiger partial charge is 0.323 e. The molecule has 1 aromatic rings. The number of thioether (sulfide) groups is 1. The van der Waals surface area contributed by atoms with Crippen molar-refractivity contribution < 1.29 is 59.7 Å². The van der Waals surface area contributed by atoms with Gasteiger partial charge < -0.3 is 70.1 Å². The lowest BCUT2D eigenvalue weighted by molar-refractivity contribution is -0.141. The van der Waals surface area contributed by atoms with Gasteiger partial charge in [0.25, 0.3) is 0 Å². The maximum Gasteiger partial charge on any atom is 0.323 e.